The van der Waals surface area contributed by atoms with Gasteiger partial charge in [0.15, 0.2) is 0 Å². The molecule has 1 aromatic carbocycles. The monoisotopic (exact) mass is 333 g/mol. The molecule has 2 heterocycles. The van der Waals surface area contributed by atoms with Gasteiger partial charge in [-0.3, -0.25) is 9.69 Å². The Morgan fingerprint density at radius 2 is 1.91 bits per heavy atom. The summed E-state index contributed by atoms with van der Waals surface area (Å²) < 4.78 is 1.60. The molecule has 1 amide bonds. The Hall–Kier alpha value is -1.92. The third-order valence-corrected chi connectivity index (χ3v) is 4.45. The molecule has 2 aromatic rings. The molecule has 6 nitrogen and oxygen atoms in total. The number of amides is 1. The van der Waals surface area contributed by atoms with E-state index in [1.54, 1.807) is 11.0 Å². The predicted octanol–water partition coefficient (Wildman–Crippen LogP) is 1.84. The van der Waals surface area contributed by atoms with Gasteiger partial charge in [0.05, 0.1) is 0 Å². The number of carbonyl (C=O) groups excluding carboxylic acids is 1. The average Bonchev–Trinajstić information content (AvgIpc) is 3.11. The minimum absolute atomic E-state index is 0.0987. The van der Waals surface area contributed by atoms with E-state index < -0.39 is 0 Å². The van der Waals surface area contributed by atoms with Gasteiger partial charge >= 0.3 is 0 Å². The normalized spacial score (nSPS) is 17.2. The van der Waals surface area contributed by atoms with Gasteiger partial charge in [-0.2, -0.15) is 5.10 Å². The number of nitrogens with zero attached hydrogens (tertiary/aromatic N) is 5. The highest BCUT2D eigenvalue weighted by atomic mass is 35.5. The number of benzene rings is 1. The molecule has 0 saturated carbocycles. The molecule has 7 heteroatoms. The van der Waals surface area contributed by atoms with Gasteiger partial charge in [-0.15, -0.1) is 0 Å². The summed E-state index contributed by atoms with van der Waals surface area (Å²) >= 11 is 5.91. The van der Waals surface area contributed by atoms with Crippen molar-refractivity contribution in [2.24, 2.45) is 0 Å². The maximum Gasteiger partial charge on any atom is 0.247 e. The van der Waals surface area contributed by atoms with Crippen LogP contribution >= 0.6 is 11.6 Å². The summed E-state index contributed by atoms with van der Waals surface area (Å²) in [5.41, 5.74) is 1.24. The van der Waals surface area contributed by atoms with Crippen LogP contribution in [0.2, 0.25) is 5.02 Å². The first-order valence-electron chi connectivity index (χ1n) is 7.73. The molecular formula is C16H20ClN5O. The van der Waals surface area contributed by atoms with E-state index in [2.05, 4.69) is 15.0 Å². The molecule has 3 rings (SSSR count). The van der Waals surface area contributed by atoms with Crippen LogP contribution in [0.4, 0.5) is 0 Å². The molecule has 1 saturated heterocycles. The molecule has 0 aliphatic carbocycles. The second-order valence-corrected chi connectivity index (χ2v) is 6.22. The molecule has 23 heavy (non-hydrogen) atoms. The molecule has 1 atom stereocenters. The van der Waals surface area contributed by atoms with Crippen LogP contribution in [0.1, 0.15) is 18.5 Å². The zero-order valence-corrected chi connectivity index (χ0v) is 13.9. The van der Waals surface area contributed by atoms with Crippen LogP contribution in [-0.2, 0) is 11.3 Å². The fraction of sp³-hybridized carbons (Fsp3) is 0.438. The van der Waals surface area contributed by atoms with E-state index in [9.17, 15) is 4.79 Å². The molecule has 1 unspecified atom stereocenters. The van der Waals surface area contributed by atoms with E-state index in [4.69, 9.17) is 11.6 Å². The van der Waals surface area contributed by atoms with Crippen molar-refractivity contribution in [3.8, 4) is 0 Å². The number of aromatic nitrogens is 3. The SMILES string of the molecule is CC(C(=O)N1CCN(Cc2ccc(Cl)cc2)CC1)n1cncn1. The fourth-order valence-electron chi connectivity index (χ4n) is 2.77. The Labute approximate surface area is 140 Å². The van der Waals surface area contributed by atoms with Crippen molar-refractivity contribution in [3.63, 3.8) is 0 Å². The highest BCUT2D eigenvalue weighted by Gasteiger charge is 2.26. The number of piperazine rings is 1. The summed E-state index contributed by atoms with van der Waals surface area (Å²) in [4.78, 5) is 20.7. The van der Waals surface area contributed by atoms with Gasteiger partial charge in [0.2, 0.25) is 5.91 Å². The zero-order valence-electron chi connectivity index (χ0n) is 13.1. The summed E-state index contributed by atoms with van der Waals surface area (Å²) in [5, 5.41) is 4.80. The van der Waals surface area contributed by atoms with Crippen molar-refractivity contribution in [1.82, 2.24) is 24.6 Å². The lowest BCUT2D eigenvalue weighted by Gasteiger charge is -2.35. The van der Waals surface area contributed by atoms with E-state index in [-0.39, 0.29) is 11.9 Å². The van der Waals surface area contributed by atoms with Gasteiger partial charge in [0.25, 0.3) is 0 Å². The second-order valence-electron chi connectivity index (χ2n) is 5.78. The van der Waals surface area contributed by atoms with Gasteiger partial charge in [0.1, 0.15) is 18.7 Å². The molecule has 0 N–H and O–H groups in total. The van der Waals surface area contributed by atoms with Crippen molar-refractivity contribution < 1.29 is 4.79 Å². The minimum Gasteiger partial charge on any atom is -0.338 e. The summed E-state index contributed by atoms with van der Waals surface area (Å²) in [6.45, 7) is 5.97. The van der Waals surface area contributed by atoms with Crippen molar-refractivity contribution in [2.75, 3.05) is 26.2 Å². The molecule has 0 spiro atoms. The van der Waals surface area contributed by atoms with Crippen LogP contribution in [0.15, 0.2) is 36.9 Å². The van der Waals surface area contributed by atoms with Crippen molar-refractivity contribution in [2.45, 2.75) is 19.5 Å². The number of rotatable bonds is 4. The van der Waals surface area contributed by atoms with Gasteiger partial charge in [0, 0.05) is 37.7 Å². The maximum atomic E-state index is 12.5. The Morgan fingerprint density at radius 3 is 2.52 bits per heavy atom. The Balaban J connectivity index is 1.52. The van der Waals surface area contributed by atoms with Crippen LogP contribution in [0.25, 0.3) is 0 Å². The maximum absolute atomic E-state index is 12.5. The van der Waals surface area contributed by atoms with Crippen molar-refractivity contribution in [1.29, 1.82) is 0 Å². The van der Waals surface area contributed by atoms with E-state index in [1.807, 2.05) is 36.1 Å². The van der Waals surface area contributed by atoms with Crippen molar-refractivity contribution in [3.05, 3.63) is 47.5 Å². The summed E-state index contributed by atoms with van der Waals surface area (Å²) in [7, 11) is 0. The molecule has 122 valence electrons. The van der Waals surface area contributed by atoms with E-state index in [0.29, 0.717) is 0 Å². The lowest BCUT2D eigenvalue weighted by Crippen LogP contribution is -2.49. The van der Waals surface area contributed by atoms with Crippen LogP contribution in [-0.4, -0.2) is 56.7 Å². The third kappa shape index (κ3) is 3.89. The highest BCUT2D eigenvalue weighted by molar-refractivity contribution is 6.30. The second kappa shape index (κ2) is 7.10. The molecule has 1 aliphatic heterocycles. The first kappa shape index (κ1) is 16.0. The quantitative estimate of drug-likeness (QED) is 0.856. The van der Waals surface area contributed by atoms with Gasteiger partial charge in [-0.25, -0.2) is 9.67 Å². The van der Waals surface area contributed by atoms with Gasteiger partial charge < -0.3 is 4.90 Å². The average molecular weight is 334 g/mol. The largest absolute Gasteiger partial charge is 0.338 e. The number of carbonyl (C=O) groups is 1. The molecule has 0 radical (unpaired) electrons. The van der Waals surface area contributed by atoms with Gasteiger partial charge in [-0.05, 0) is 24.6 Å². The van der Waals surface area contributed by atoms with Crippen LogP contribution in [0.3, 0.4) is 0 Å². The van der Waals surface area contributed by atoms with Crippen molar-refractivity contribution >= 4 is 17.5 Å². The predicted molar refractivity (Wildman–Crippen MR) is 88.0 cm³/mol. The van der Waals surface area contributed by atoms with E-state index in [0.717, 1.165) is 37.7 Å². The smallest absolute Gasteiger partial charge is 0.247 e. The first-order valence-corrected chi connectivity index (χ1v) is 8.11. The van der Waals surface area contributed by atoms with E-state index >= 15 is 0 Å². The standard InChI is InChI=1S/C16H20ClN5O/c1-13(22-12-18-11-19-22)16(23)21-8-6-20(7-9-21)10-14-2-4-15(17)5-3-14/h2-5,11-13H,6-10H2,1H3. The van der Waals surface area contributed by atoms with Crippen LogP contribution in [0, 0.1) is 0 Å². The fourth-order valence-corrected chi connectivity index (χ4v) is 2.90. The molecular weight excluding hydrogens is 314 g/mol. The molecule has 0 bridgehead atoms. The highest BCUT2D eigenvalue weighted by Crippen LogP contribution is 2.15. The lowest BCUT2D eigenvalue weighted by atomic mass is 10.2. The third-order valence-electron chi connectivity index (χ3n) is 4.19. The summed E-state index contributed by atoms with van der Waals surface area (Å²) in [5.74, 6) is 0.0987. The lowest BCUT2D eigenvalue weighted by molar-refractivity contribution is -0.136. The van der Waals surface area contributed by atoms with Gasteiger partial charge in [-0.1, -0.05) is 23.7 Å². The Bertz CT molecular complexity index is 635. The summed E-state index contributed by atoms with van der Waals surface area (Å²) in [6.07, 6.45) is 3.03. The minimum atomic E-state index is -0.305. The van der Waals surface area contributed by atoms with E-state index in [1.165, 1.54) is 11.9 Å². The number of halogens is 1. The zero-order chi connectivity index (χ0) is 16.2. The molecule has 1 aliphatic rings. The first-order chi connectivity index (χ1) is 11.1. The number of hydrogen-bond donors (Lipinski definition) is 0. The Morgan fingerprint density at radius 1 is 1.22 bits per heavy atom. The van der Waals surface area contributed by atoms with Crippen LogP contribution < -0.4 is 0 Å². The Kier molecular flexibility index (Phi) is 4.93. The molecule has 1 aromatic heterocycles. The number of hydrogen-bond acceptors (Lipinski definition) is 4. The van der Waals surface area contributed by atoms with Crippen LogP contribution in [0.5, 0.6) is 0 Å². The molecule has 1 fully saturated rings. The summed E-state index contributed by atoms with van der Waals surface area (Å²) in [6, 6.07) is 7.62. The topological polar surface area (TPSA) is 54.3 Å².